The fourth-order valence-corrected chi connectivity index (χ4v) is 2.56. The molecule has 0 aliphatic carbocycles. The van der Waals surface area contributed by atoms with E-state index in [4.69, 9.17) is 9.47 Å². The maximum absolute atomic E-state index is 5.37. The molecule has 3 rings (SSSR count). The van der Waals surface area contributed by atoms with Crippen LogP contribution in [0.5, 0.6) is 11.5 Å². The van der Waals surface area contributed by atoms with Crippen molar-refractivity contribution >= 4 is 17.5 Å². The maximum Gasteiger partial charge on any atom is 0.225 e. The van der Waals surface area contributed by atoms with E-state index in [1.807, 2.05) is 50.2 Å². The monoisotopic (exact) mass is 365 g/mol. The Balaban J connectivity index is 1.96. The predicted octanol–water partition coefficient (Wildman–Crippen LogP) is 4.12. The van der Waals surface area contributed by atoms with Crippen molar-refractivity contribution in [1.82, 2.24) is 15.0 Å². The first-order valence-electron chi connectivity index (χ1n) is 8.64. The average molecular weight is 365 g/mol. The third-order valence-electron chi connectivity index (χ3n) is 3.76. The Kier molecular flexibility index (Phi) is 5.71. The second-order valence-electron chi connectivity index (χ2n) is 6.20. The van der Waals surface area contributed by atoms with E-state index in [0.717, 1.165) is 16.9 Å². The highest BCUT2D eigenvalue weighted by Crippen LogP contribution is 2.31. The van der Waals surface area contributed by atoms with Crippen molar-refractivity contribution in [2.24, 2.45) is 0 Å². The van der Waals surface area contributed by atoms with Crippen LogP contribution in [0.3, 0.4) is 0 Å². The number of ether oxygens (including phenoxy) is 2. The molecule has 0 amide bonds. The van der Waals surface area contributed by atoms with Gasteiger partial charge in [0.25, 0.3) is 0 Å². The first kappa shape index (κ1) is 18.4. The molecule has 0 unspecified atom stereocenters. The average Bonchev–Trinajstić information content (AvgIpc) is 2.68. The number of hydrogen-bond acceptors (Lipinski definition) is 7. The smallest absolute Gasteiger partial charge is 0.225 e. The van der Waals surface area contributed by atoms with Gasteiger partial charge >= 0.3 is 0 Å². The summed E-state index contributed by atoms with van der Waals surface area (Å²) < 4.78 is 10.7. The van der Waals surface area contributed by atoms with E-state index < -0.39 is 0 Å². The van der Waals surface area contributed by atoms with Crippen molar-refractivity contribution in [1.29, 1.82) is 0 Å². The van der Waals surface area contributed by atoms with Crippen molar-refractivity contribution < 1.29 is 9.47 Å². The Bertz CT molecular complexity index is 900. The summed E-state index contributed by atoms with van der Waals surface area (Å²) in [5.74, 6) is 2.53. The lowest BCUT2D eigenvalue weighted by molar-refractivity contribution is 0.355. The Morgan fingerprint density at radius 1 is 0.963 bits per heavy atom. The second-order valence-corrected chi connectivity index (χ2v) is 6.20. The van der Waals surface area contributed by atoms with Gasteiger partial charge in [0.05, 0.1) is 19.9 Å². The molecule has 0 atom stereocenters. The quantitative estimate of drug-likeness (QED) is 0.652. The summed E-state index contributed by atoms with van der Waals surface area (Å²) in [5.41, 5.74) is 2.53. The Labute approximate surface area is 158 Å². The molecule has 7 nitrogen and oxygen atoms in total. The molecule has 2 aromatic heterocycles. The van der Waals surface area contributed by atoms with Gasteiger partial charge in [0.1, 0.15) is 5.82 Å². The number of pyridine rings is 1. The number of benzene rings is 1. The lowest BCUT2D eigenvalue weighted by atomic mass is 10.2. The summed E-state index contributed by atoms with van der Waals surface area (Å²) in [7, 11) is 3.22. The summed E-state index contributed by atoms with van der Waals surface area (Å²) >= 11 is 0. The lowest BCUT2D eigenvalue weighted by Gasteiger charge is -2.14. The van der Waals surface area contributed by atoms with Crippen LogP contribution < -0.4 is 20.1 Å². The van der Waals surface area contributed by atoms with Crippen LogP contribution in [0.1, 0.15) is 13.8 Å². The number of rotatable bonds is 7. The highest BCUT2D eigenvalue weighted by Gasteiger charge is 2.10. The van der Waals surface area contributed by atoms with Gasteiger partial charge in [-0.25, -0.2) is 4.98 Å². The Hall–Kier alpha value is -3.35. The van der Waals surface area contributed by atoms with Crippen molar-refractivity contribution in [2.45, 2.75) is 19.9 Å². The third-order valence-corrected chi connectivity index (χ3v) is 3.76. The molecule has 0 fully saturated rings. The molecule has 27 heavy (non-hydrogen) atoms. The van der Waals surface area contributed by atoms with Crippen molar-refractivity contribution in [3.8, 4) is 22.8 Å². The minimum Gasteiger partial charge on any atom is -0.493 e. The SMILES string of the molecule is COc1ccc(Nc2cc(-c3cccnc3)nc(NC(C)C)n2)cc1OC. The molecule has 0 saturated heterocycles. The maximum atomic E-state index is 5.37. The number of nitrogens with zero attached hydrogens (tertiary/aromatic N) is 3. The van der Waals surface area contributed by atoms with Crippen LogP contribution in [-0.2, 0) is 0 Å². The predicted molar refractivity (Wildman–Crippen MR) is 107 cm³/mol. The normalized spacial score (nSPS) is 10.6. The fraction of sp³-hybridized carbons (Fsp3) is 0.250. The van der Waals surface area contributed by atoms with E-state index in [1.54, 1.807) is 26.6 Å². The van der Waals surface area contributed by atoms with Crippen LogP contribution in [-0.4, -0.2) is 35.2 Å². The van der Waals surface area contributed by atoms with Crippen molar-refractivity contribution in [2.75, 3.05) is 24.9 Å². The number of anilines is 3. The molecule has 1 aromatic carbocycles. The molecule has 2 N–H and O–H groups in total. The number of hydrogen-bond donors (Lipinski definition) is 2. The zero-order valence-corrected chi connectivity index (χ0v) is 15.9. The van der Waals surface area contributed by atoms with Crippen molar-refractivity contribution in [3.63, 3.8) is 0 Å². The summed E-state index contributed by atoms with van der Waals surface area (Å²) in [6.07, 6.45) is 3.52. The highest BCUT2D eigenvalue weighted by atomic mass is 16.5. The Morgan fingerprint density at radius 2 is 1.78 bits per heavy atom. The largest absolute Gasteiger partial charge is 0.493 e. The van der Waals surface area contributed by atoms with Gasteiger partial charge in [-0.15, -0.1) is 0 Å². The Morgan fingerprint density at radius 3 is 2.44 bits per heavy atom. The van der Waals surface area contributed by atoms with Crippen LogP contribution in [0.25, 0.3) is 11.3 Å². The zero-order valence-electron chi connectivity index (χ0n) is 15.9. The van der Waals surface area contributed by atoms with Gasteiger partial charge in [-0.2, -0.15) is 4.98 Å². The minimum absolute atomic E-state index is 0.211. The van der Waals surface area contributed by atoms with Gasteiger partial charge in [-0.05, 0) is 38.1 Å². The summed E-state index contributed by atoms with van der Waals surface area (Å²) in [4.78, 5) is 13.3. The molecular weight excluding hydrogens is 342 g/mol. The molecule has 7 heteroatoms. The van der Waals surface area contributed by atoms with Gasteiger partial charge in [-0.3, -0.25) is 4.98 Å². The first-order chi connectivity index (χ1) is 13.1. The van der Waals surface area contributed by atoms with Gasteiger partial charge < -0.3 is 20.1 Å². The van der Waals surface area contributed by atoms with E-state index in [-0.39, 0.29) is 6.04 Å². The highest BCUT2D eigenvalue weighted by molar-refractivity contribution is 5.68. The van der Waals surface area contributed by atoms with E-state index in [0.29, 0.717) is 23.3 Å². The first-order valence-corrected chi connectivity index (χ1v) is 8.64. The molecule has 0 aliphatic heterocycles. The standard InChI is InChI=1S/C20H23N5O2/c1-13(2)22-20-24-16(14-6-5-9-21-12-14)11-19(25-20)23-15-7-8-17(26-3)18(10-15)27-4/h5-13H,1-4H3,(H2,22,23,24,25). The van der Waals surface area contributed by atoms with E-state index >= 15 is 0 Å². The molecule has 0 radical (unpaired) electrons. The molecule has 0 saturated carbocycles. The van der Waals surface area contributed by atoms with E-state index in [9.17, 15) is 0 Å². The molecule has 2 heterocycles. The molecule has 0 bridgehead atoms. The van der Waals surface area contributed by atoms with Crippen LogP contribution >= 0.6 is 0 Å². The zero-order chi connectivity index (χ0) is 19.2. The number of aromatic nitrogens is 3. The topological polar surface area (TPSA) is 81.2 Å². The molecule has 140 valence electrons. The number of nitrogens with one attached hydrogen (secondary N) is 2. The fourth-order valence-electron chi connectivity index (χ4n) is 2.56. The molecular formula is C20H23N5O2. The minimum atomic E-state index is 0.211. The summed E-state index contributed by atoms with van der Waals surface area (Å²) in [5, 5.41) is 6.56. The van der Waals surface area contributed by atoms with Crippen LogP contribution in [0.4, 0.5) is 17.5 Å². The van der Waals surface area contributed by atoms with Gasteiger partial charge in [0.15, 0.2) is 11.5 Å². The van der Waals surface area contributed by atoms with Crippen LogP contribution in [0.2, 0.25) is 0 Å². The lowest BCUT2D eigenvalue weighted by Crippen LogP contribution is -2.13. The molecule has 0 aliphatic rings. The van der Waals surface area contributed by atoms with Gasteiger partial charge in [-0.1, -0.05) is 0 Å². The summed E-state index contributed by atoms with van der Waals surface area (Å²) in [6.45, 7) is 4.09. The van der Waals surface area contributed by atoms with Crippen molar-refractivity contribution in [3.05, 3.63) is 48.8 Å². The van der Waals surface area contributed by atoms with E-state index in [2.05, 4.69) is 25.6 Å². The van der Waals surface area contributed by atoms with Gasteiger partial charge in [0.2, 0.25) is 5.95 Å². The number of methoxy groups -OCH3 is 2. The third kappa shape index (κ3) is 4.63. The molecule has 3 aromatic rings. The second kappa shape index (κ2) is 8.35. The van der Waals surface area contributed by atoms with Crippen LogP contribution in [0.15, 0.2) is 48.8 Å². The summed E-state index contributed by atoms with van der Waals surface area (Å²) in [6, 6.07) is 11.6. The molecule has 0 spiro atoms. The van der Waals surface area contributed by atoms with E-state index in [1.165, 1.54) is 0 Å². The van der Waals surface area contributed by atoms with Crippen LogP contribution in [0, 0.1) is 0 Å². The van der Waals surface area contributed by atoms with Gasteiger partial charge in [0, 0.05) is 41.8 Å².